The van der Waals surface area contributed by atoms with E-state index >= 15 is 0 Å². The van der Waals surface area contributed by atoms with E-state index in [-0.39, 0.29) is 37.2 Å². The monoisotopic (exact) mass is 455 g/mol. The fourth-order valence-electron chi connectivity index (χ4n) is 3.82. The number of imidazole rings is 1. The first-order valence-electron chi connectivity index (χ1n) is 9.31. The van der Waals surface area contributed by atoms with E-state index in [4.69, 9.17) is 15.7 Å². The summed E-state index contributed by atoms with van der Waals surface area (Å²) >= 11 is 0. The number of hydrogen-bond acceptors (Lipinski definition) is 4. The molecule has 5 nitrogen and oxygen atoms in total. The molecule has 0 bridgehead atoms. The maximum absolute atomic E-state index is 5.64. The number of nitrogens with one attached hydrogen (secondary N) is 1. The summed E-state index contributed by atoms with van der Waals surface area (Å²) in [6.45, 7) is 2.18. The number of halogens is 3. The zero-order valence-electron chi connectivity index (χ0n) is 16.2. The molecule has 0 fully saturated rings. The minimum atomic E-state index is 0. The van der Waals surface area contributed by atoms with E-state index in [1.165, 1.54) is 17.7 Å². The predicted molar refractivity (Wildman–Crippen MR) is 126 cm³/mol. The molecule has 0 unspecified atom stereocenters. The van der Waals surface area contributed by atoms with Crippen LogP contribution in [0.2, 0.25) is 0 Å². The smallest absolute Gasteiger partial charge is 0.121 e. The summed E-state index contributed by atoms with van der Waals surface area (Å²) in [6, 6.07) is 12.7. The lowest BCUT2D eigenvalue weighted by molar-refractivity contribution is 0.181. The summed E-state index contributed by atoms with van der Waals surface area (Å²) in [5, 5.41) is 0. The van der Waals surface area contributed by atoms with Gasteiger partial charge in [-0.25, -0.2) is 4.98 Å². The van der Waals surface area contributed by atoms with E-state index in [9.17, 15) is 0 Å². The number of pyridine rings is 1. The third-order valence-electron chi connectivity index (χ3n) is 5.04. The zero-order chi connectivity index (χ0) is 17.8. The molecule has 0 aliphatic heterocycles. The average Bonchev–Trinajstić information content (AvgIpc) is 3.09. The molecular weight excluding hydrogens is 429 g/mol. The molecule has 3 N–H and O–H groups in total. The number of aromatic nitrogens is 3. The molecule has 0 saturated carbocycles. The van der Waals surface area contributed by atoms with Crippen LogP contribution >= 0.6 is 37.2 Å². The van der Waals surface area contributed by atoms with Crippen LogP contribution in [0.1, 0.15) is 36.0 Å². The Kier molecular flexibility index (Phi) is 10.6. The van der Waals surface area contributed by atoms with E-state index in [1.54, 1.807) is 0 Å². The molecule has 0 spiro atoms. The summed E-state index contributed by atoms with van der Waals surface area (Å²) in [5.74, 6) is 0.996. The van der Waals surface area contributed by atoms with Crippen molar-refractivity contribution in [3.8, 4) is 0 Å². The Morgan fingerprint density at radius 2 is 1.93 bits per heavy atom. The number of fused-ring (bicyclic) bond motifs is 2. The normalized spacial score (nSPS) is 15.4. The number of nitrogens with two attached hydrogens (primary N) is 1. The summed E-state index contributed by atoms with van der Waals surface area (Å²) in [6.07, 6.45) is 9.53. The Hall–Kier alpha value is -1.63. The molecule has 1 atom stereocenters. The lowest BCUT2D eigenvalue weighted by atomic mass is 9.90. The van der Waals surface area contributed by atoms with Crippen LogP contribution in [0.15, 0.2) is 54.7 Å². The molecule has 158 valence electrons. The molecule has 4 rings (SSSR count). The molecule has 8 heteroatoms. The van der Waals surface area contributed by atoms with Gasteiger partial charge in [-0.15, -0.1) is 37.2 Å². The van der Waals surface area contributed by atoms with Gasteiger partial charge in [0.15, 0.2) is 0 Å². The first-order valence-corrected chi connectivity index (χ1v) is 9.31. The molecule has 0 radical (unpaired) electrons. The van der Waals surface area contributed by atoms with Gasteiger partial charge in [-0.1, -0.05) is 30.4 Å². The molecular formula is C21H28Cl3N5. The van der Waals surface area contributed by atoms with Crippen molar-refractivity contribution in [2.45, 2.75) is 31.8 Å². The van der Waals surface area contributed by atoms with Crippen LogP contribution in [0.25, 0.3) is 11.0 Å². The van der Waals surface area contributed by atoms with Crippen molar-refractivity contribution < 1.29 is 0 Å². The molecule has 0 saturated heterocycles. The van der Waals surface area contributed by atoms with Crippen LogP contribution in [-0.2, 0) is 13.0 Å². The van der Waals surface area contributed by atoms with Gasteiger partial charge in [0.2, 0.25) is 0 Å². The first kappa shape index (κ1) is 25.4. The van der Waals surface area contributed by atoms with E-state index in [0.717, 1.165) is 42.8 Å². The lowest BCUT2D eigenvalue weighted by Crippen LogP contribution is -2.32. The largest absolute Gasteiger partial charge is 0.341 e. The van der Waals surface area contributed by atoms with Crippen LogP contribution in [0.3, 0.4) is 0 Å². The fourth-order valence-corrected chi connectivity index (χ4v) is 3.82. The third-order valence-corrected chi connectivity index (χ3v) is 5.04. The Morgan fingerprint density at radius 3 is 2.72 bits per heavy atom. The third kappa shape index (κ3) is 5.93. The van der Waals surface area contributed by atoms with Gasteiger partial charge in [-0.2, -0.15) is 0 Å². The molecule has 1 aliphatic carbocycles. The highest BCUT2D eigenvalue weighted by Gasteiger charge is 2.27. The van der Waals surface area contributed by atoms with Gasteiger partial charge >= 0.3 is 0 Å². The Balaban J connectivity index is 0.00000140. The van der Waals surface area contributed by atoms with E-state index < -0.39 is 0 Å². The molecule has 0 amide bonds. The second kappa shape index (κ2) is 12.2. The highest BCUT2D eigenvalue weighted by Crippen LogP contribution is 2.33. The minimum Gasteiger partial charge on any atom is -0.341 e. The topological polar surface area (TPSA) is 70.8 Å². The fraction of sp³-hybridized carbons (Fsp3) is 0.333. The van der Waals surface area contributed by atoms with Gasteiger partial charge < -0.3 is 10.7 Å². The van der Waals surface area contributed by atoms with Crippen molar-refractivity contribution in [1.29, 1.82) is 0 Å². The molecule has 2 aromatic heterocycles. The highest BCUT2D eigenvalue weighted by atomic mass is 35.5. The van der Waals surface area contributed by atoms with Gasteiger partial charge in [0.05, 0.1) is 29.3 Å². The van der Waals surface area contributed by atoms with Gasteiger partial charge in [-0.05, 0) is 43.0 Å². The standard InChI is InChI=1S/C21H25N5.3ClH/c22-12-3-4-14-26(15-20-24-17-9-1-2-10-18(17)25-20)19-11-5-7-16-8-6-13-23-21(16)19;;;/h1-4,6,8-10,13,19H,5,7,11-12,14-15,22H2,(H,24,25);3*1H/b4-3-;;;/t19-;;;/m0.../s1. The summed E-state index contributed by atoms with van der Waals surface area (Å²) in [7, 11) is 0. The molecule has 29 heavy (non-hydrogen) atoms. The molecule has 1 aliphatic rings. The molecule has 3 aromatic rings. The van der Waals surface area contributed by atoms with Gasteiger partial charge in [-0.3, -0.25) is 9.88 Å². The number of H-pyrrole nitrogens is 1. The summed E-state index contributed by atoms with van der Waals surface area (Å²) < 4.78 is 0. The average molecular weight is 457 g/mol. The number of benzene rings is 1. The van der Waals surface area contributed by atoms with Crippen molar-refractivity contribution in [3.63, 3.8) is 0 Å². The highest BCUT2D eigenvalue weighted by molar-refractivity contribution is 5.86. The lowest BCUT2D eigenvalue weighted by Gasteiger charge is -2.33. The number of rotatable bonds is 6. The summed E-state index contributed by atoms with van der Waals surface area (Å²) in [5.41, 5.74) is 10.3. The maximum Gasteiger partial charge on any atom is 0.121 e. The number of nitrogens with zero attached hydrogens (tertiary/aromatic N) is 3. The van der Waals surface area contributed by atoms with E-state index in [0.29, 0.717) is 12.6 Å². The number of hydrogen-bond donors (Lipinski definition) is 2. The number of para-hydroxylation sites is 2. The maximum atomic E-state index is 5.64. The van der Waals surface area contributed by atoms with Crippen molar-refractivity contribution in [1.82, 2.24) is 19.9 Å². The van der Waals surface area contributed by atoms with Crippen LogP contribution < -0.4 is 5.73 Å². The quantitative estimate of drug-likeness (QED) is 0.531. The van der Waals surface area contributed by atoms with Crippen LogP contribution in [0.4, 0.5) is 0 Å². The van der Waals surface area contributed by atoms with Crippen molar-refractivity contribution in [2.24, 2.45) is 5.73 Å². The second-order valence-corrected chi connectivity index (χ2v) is 6.79. The van der Waals surface area contributed by atoms with Crippen molar-refractivity contribution in [3.05, 3.63) is 71.8 Å². The Morgan fingerprint density at radius 1 is 1.10 bits per heavy atom. The van der Waals surface area contributed by atoms with E-state index in [1.807, 2.05) is 36.5 Å². The van der Waals surface area contributed by atoms with Gasteiger partial charge in [0, 0.05) is 19.3 Å². The van der Waals surface area contributed by atoms with Crippen molar-refractivity contribution >= 4 is 48.3 Å². The second-order valence-electron chi connectivity index (χ2n) is 6.79. The first-order chi connectivity index (χ1) is 12.8. The Bertz CT molecular complexity index is 879. The van der Waals surface area contributed by atoms with E-state index in [2.05, 4.69) is 28.1 Å². The van der Waals surface area contributed by atoms with Crippen LogP contribution in [-0.4, -0.2) is 32.9 Å². The number of aromatic amines is 1. The molecule has 1 aromatic carbocycles. The SMILES string of the molecule is Cl.Cl.Cl.NC/C=C\CN(Cc1nc2ccccc2[nH]1)[C@H]1CCCc2cccnc21. The predicted octanol–water partition coefficient (Wildman–Crippen LogP) is 4.62. The van der Waals surface area contributed by atoms with Crippen molar-refractivity contribution in [2.75, 3.05) is 13.1 Å². The molecule has 2 heterocycles. The van der Waals surface area contributed by atoms with Gasteiger partial charge in [0.1, 0.15) is 5.82 Å². The minimum absolute atomic E-state index is 0. The Labute approximate surface area is 190 Å². The number of aryl methyl sites for hydroxylation is 1. The summed E-state index contributed by atoms with van der Waals surface area (Å²) in [4.78, 5) is 15.4. The van der Waals surface area contributed by atoms with Crippen LogP contribution in [0, 0.1) is 0 Å². The van der Waals surface area contributed by atoms with Gasteiger partial charge in [0.25, 0.3) is 0 Å². The van der Waals surface area contributed by atoms with Crippen LogP contribution in [0.5, 0.6) is 0 Å². The zero-order valence-corrected chi connectivity index (χ0v) is 18.6.